The first-order valence-electron chi connectivity index (χ1n) is 14.7. The minimum Gasteiger partial charge on any atom is -0.497 e. The lowest BCUT2D eigenvalue weighted by Gasteiger charge is -2.43. The third kappa shape index (κ3) is 4.14. The number of methoxy groups -OCH3 is 2. The molecule has 2 saturated carbocycles. The summed E-state index contributed by atoms with van der Waals surface area (Å²) in [7, 11) is 3.22. The molecular formula is C34H30N2O6S2. The van der Waals surface area contributed by atoms with Gasteiger partial charge in [-0.3, -0.25) is 19.3 Å². The van der Waals surface area contributed by atoms with Gasteiger partial charge in [0.1, 0.15) is 12.4 Å². The van der Waals surface area contributed by atoms with Crippen molar-refractivity contribution in [2.45, 2.75) is 29.2 Å². The SMILES string of the molecule is COc1ccc(N2C(=O)C3C(C2=O)[C@@H]2C[C@H]3C3Sc4[nH]c(=O)sc4C(c4ccc(OCc5ccccc5)c(OC)c4)C32)cc1. The number of hydrogen-bond donors (Lipinski definition) is 1. The molecule has 2 aliphatic carbocycles. The lowest BCUT2D eigenvalue weighted by Crippen LogP contribution is -2.42. The van der Waals surface area contributed by atoms with Gasteiger partial charge >= 0.3 is 4.87 Å². The smallest absolute Gasteiger partial charge is 0.305 e. The third-order valence-electron chi connectivity index (χ3n) is 9.84. The van der Waals surface area contributed by atoms with Crippen molar-refractivity contribution in [2.75, 3.05) is 19.1 Å². The van der Waals surface area contributed by atoms with Crippen molar-refractivity contribution in [3.8, 4) is 17.2 Å². The molecule has 3 aromatic carbocycles. The summed E-state index contributed by atoms with van der Waals surface area (Å²) in [5, 5.41) is 0.985. The van der Waals surface area contributed by atoms with Gasteiger partial charge in [0.25, 0.3) is 0 Å². The molecule has 8 rings (SSSR count). The number of nitrogens with zero attached hydrogens (tertiary/aromatic N) is 1. The van der Waals surface area contributed by atoms with E-state index >= 15 is 0 Å². The Balaban J connectivity index is 1.15. The molecule has 1 N–H and O–H groups in total. The first kappa shape index (κ1) is 27.5. The fourth-order valence-corrected chi connectivity index (χ4v) is 11.0. The highest BCUT2D eigenvalue weighted by Gasteiger charge is 2.69. The number of hydrogen-bond acceptors (Lipinski definition) is 8. The Bertz CT molecular complexity index is 1820. The Morgan fingerprint density at radius 1 is 0.864 bits per heavy atom. The fraction of sp³-hybridized carbons (Fsp3) is 0.324. The number of carbonyl (C=O) groups is 2. The van der Waals surface area contributed by atoms with Crippen molar-refractivity contribution in [1.29, 1.82) is 0 Å². The zero-order valence-electron chi connectivity index (χ0n) is 24.1. The van der Waals surface area contributed by atoms with Crippen molar-refractivity contribution in [1.82, 2.24) is 4.98 Å². The van der Waals surface area contributed by atoms with Gasteiger partial charge in [0.2, 0.25) is 11.8 Å². The number of anilines is 1. The van der Waals surface area contributed by atoms with Gasteiger partial charge in [0.05, 0.1) is 36.8 Å². The number of nitrogens with one attached hydrogen (secondary N) is 1. The van der Waals surface area contributed by atoms with Gasteiger partial charge in [-0.25, -0.2) is 0 Å². The average Bonchev–Trinajstić information content (AvgIpc) is 3.79. The predicted octanol–water partition coefficient (Wildman–Crippen LogP) is 5.71. The number of imide groups is 1. The maximum atomic E-state index is 14.0. The van der Waals surface area contributed by atoms with Crippen LogP contribution in [0, 0.1) is 29.6 Å². The molecule has 3 fully saturated rings. The maximum absolute atomic E-state index is 14.0. The number of aromatic amines is 1. The Hall–Kier alpha value is -4.02. The Kier molecular flexibility index (Phi) is 6.60. The van der Waals surface area contributed by atoms with E-state index in [1.54, 1.807) is 50.2 Å². The second kappa shape index (κ2) is 10.6. The molecule has 1 aromatic heterocycles. The monoisotopic (exact) mass is 626 g/mol. The lowest BCUT2D eigenvalue weighted by atomic mass is 9.68. The van der Waals surface area contributed by atoms with Crippen LogP contribution in [-0.2, 0) is 16.2 Å². The molecule has 224 valence electrons. The van der Waals surface area contributed by atoms with Gasteiger partial charge in [-0.15, -0.1) is 11.8 Å². The largest absolute Gasteiger partial charge is 0.497 e. The van der Waals surface area contributed by atoms with Crippen LogP contribution in [0.4, 0.5) is 5.69 Å². The molecule has 10 heteroatoms. The molecule has 1 saturated heterocycles. The summed E-state index contributed by atoms with van der Waals surface area (Å²) < 4.78 is 17.2. The molecule has 0 radical (unpaired) electrons. The predicted molar refractivity (Wildman–Crippen MR) is 168 cm³/mol. The summed E-state index contributed by atoms with van der Waals surface area (Å²) in [4.78, 5) is 45.9. The molecule has 4 aliphatic rings. The quantitative estimate of drug-likeness (QED) is 0.263. The highest BCUT2D eigenvalue weighted by molar-refractivity contribution is 8.00. The number of amides is 2. The molecule has 44 heavy (non-hydrogen) atoms. The van der Waals surface area contributed by atoms with Crippen LogP contribution in [0.5, 0.6) is 17.2 Å². The van der Waals surface area contributed by atoms with Crippen molar-refractivity contribution in [3.05, 3.63) is 98.5 Å². The number of benzene rings is 3. The van der Waals surface area contributed by atoms with Crippen molar-refractivity contribution < 1.29 is 23.8 Å². The van der Waals surface area contributed by atoms with Crippen LogP contribution in [0.25, 0.3) is 0 Å². The van der Waals surface area contributed by atoms with Crippen LogP contribution in [0.15, 0.2) is 82.6 Å². The van der Waals surface area contributed by atoms with Crippen LogP contribution in [0.1, 0.15) is 28.3 Å². The number of thiazole rings is 1. The van der Waals surface area contributed by atoms with Gasteiger partial charge < -0.3 is 19.2 Å². The summed E-state index contributed by atoms with van der Waals surface area (Å²) in [5.41, 5.74) is 2.66. The Morgan fingerprint density at radius 2 is 1.61 bits per heavy atom. The molecule has 2 amide bonds. The molecule has 8 nitrogen and oxygen atoms in total. The summed E-state index contributed by atoms with van der Waals surface area (Å²) in [5.74, 6) is 1.06. The second-order valence-corrected chi connectivity index (χ2v) is 14.1. The van der Waals surface area contributed by atoms with E-state index in [9.17, 15) is 14.4 Å². The first-order valence-corrected chi connectivity index (χ1v) is 16.4. The van der Waals surface area contributed by atoms with Gasteiger partial charge in [0, 0.05) is 16.0 Å². The number of H-pyrrole nitrogens is 1. The highest BCUT2D eigenvalue weighted by Crippen LogP contribution is 2.68. The summed E-state index contributed by atoms with van der Waals surface area (Å²) >= 11 is 2.93. The standard InChI is InChI=1S/C34H30N2O6S2/c1-40-20-11-9-19(10-12-20)36-32(37)27-21-15-22(28(27)33(36)38)29-26(21)25(30-31(43-29)35-34(39)44-30)18-8-13-23(24(14-18)41-2)42-16-17-6-4-3-5-7-17/h3-14,21-22,25-29H,15-16H2,1-2H3,(H,35,39)/t21-,22-,25?,26?,27?,28?,29?/m1/s1. The van der Waals surface area contributed by atoms with Crippen molar-refractivity contribution in [3.63, 3.8) is 0 Å². The number of aromatic nitrogens is 1. The van der Waals surface area contributed by atoms with E-state index in [2.05, 4.69) is 11.1 Å². The van der Waals surface area contributed by atoms with E-state index in [4.69, 9.17) is 14.2 Å². The zero-order valence-corrected chi connectivity index (χ0v) is 25.7. The topological polar surface area (TPSA) is 97.9 Å². The van der Waals surface area contributed by atoms with E-state index < -0.39 is 0 Å². The summed E-state index contributed by atoms with van der Waals surface area (Å²) in [6, 6.07) is 23.1. The summed E-state index contributed by atoms with van der Waals surface area (Å²) in [6.07, 6.45) is 0.830. The maximum Gasteiger partial charge on any atom is 0.305 e. The van der Waals surface area contributed by atoms with Gasteiger partial charge in [-0.2, -0.15) is 0 Å². The number of carbonyl (C=O) groups excluding carboxylic acids is 2. The van der Waals surface area contributed by atoms with Crippen LogP contribution < -0.4 is 24.0 Å². The van der Waals surface area contributed by atoms with Crippen LogP contribution >= 0.6 is 23.1 Å². The lowest BCUT2D eigenvalue weighted by molar-refractivity contribution is -0.123. The number of fused-ring (bicyclic) bond motifs is 9. The molecule has 0 spiro atoms. The van der Waals surface area contributed by atoms with Crippen molar-refractivity contribution in [2.24, 2.45) is 29.6 Å². The minimum absolute atomic E-state index is 0.0255. The number of rotatable bonds is 7. The first-order chi connectivity index (χ1) is 21.5. The van der Waals surface area contributed by atoms with Gasteiger partial charge in [0.15, 0.2) is 11.5 Å². The van der Waals surface area contributed by atoms with Gasteiger partial charge in [-0.1, -0.05) is 47.7 Å². The normalized spacial score (nSPS) is 28.0. The Labute approximate surface area is 262 Å². The molecule has 7 atom stereocenters. The molecule has 4 aromatic rings. The molecule has 2 aliphatic heterocycles. The zero-order chi connectivity index (χ0) is 30.1. The average molecular weight is 627 g/mol. The molecule has 5 unspecified atom stereocenters. The van der Waals surface area contributed by atoms with Crippen molar-refractivity contribution >= 4 is 40.6 Å². The number of thioether (sulfide) groups is 1. The highest BCUT2D eigenvalue weighted by atomic mass is 32.2. The van der Waals surface area contributed by atoms with E-state index in [0.29, 0.717) is 29.5 Å². The van der Waals surface area contributed by atoms with Crippen LogP contribution in [0.2, 0.25) is 0 Å². The molecular weight excluding hydrogens is 597 g/mol. The second-order valence-electron chi connectivity index (χ2n) is 11.9. The fourth-order valence-electron chi connectivity index (χ4n) is 8.11. The minimum atomic E-state index is -0.369. The van der Waals surface area contributed by atoms with E-state index in [1.807, 2.05) is 42.5 Å². The van der Waals surface area contributed by atoms with E-state index in [0.717, 1.165) is 27.5 Å². The van der Waals surface area contributed by atoms with E-state index in [-0.39, 0.29) is 57.4 Å². The number of ether oxygens (including phenoxy) is 3. The molecule has 3 heterocycles. The summed E-state index contributed by atoms with van der Waals surface area (Å²) in [6.45, 7) is 0.415. The molecule has 2 bridgehead atoms. The van der Waals surface area contributed by atoms with Crippen LogP contribution in [0.3, 0.4) is 0 Å². The Morgan fingerprint density at radius 3 is 2.34 bits per heavy atom. The third-order valence-corrected chi connectivity index (χ3v) is 12.4. The van der Waals surface area contributed by atoms with Gasteiger partial charge in [-0.05, 0) is 71.7 Å². The van der Waals surface area contributed by atoms with E-state index in [1.165, 1.54) is 16.2 Å². The van der Waals surface area contributed by atoms with Crippen LogP contribution in [-0.4, -0.2) is 36.3 Å².